The Hall–Kier alpha value is -2.43. The minimum Gasteiger partial charge on any atom is -0.507 e. The highest BCUT2D eigenvalue weighted by Gasteiger charge is 2.20. The van der Waals surface area contributed by atoms with Gasteiger partial charge in [-0.2, -0.15) is 0 Å². The van der Waals surface area contributed by atoms with Crippen molar-refractivity contribution in [3.8, 4) is 11.5 Å². The lowest BCUT2D eigenvalue weighted by molar-refractivity contribution is 0.104. The maximum atomic E-state index is 12.1. The molecule has 0 saturated heterocycles. The SMILES string of the molecule is COc1c(C(=O)/C=C/N(C)C)c(O)cc2occc12. The van der Waals surface area contributed by atoms with E-state index in [1.54, 1.807) is 31.3 Å². The topological polar surface area (TPSA) is 62.9 Å². The highest BCUT2D eigenvalue weighted by molar-refractivity contribution is 6.12. The second kappa shape index (κ2) is 5.06. The molecule has 0 aliphatic heterocycles. The van der Waals surface area contributed by atoms with Gasteiger partial charge in [-0.1, -0.05) is 0 Å². The zero-order valence-corrected chi connectivity index (χ0v) is 11.0. The molecule has 2 aromatic rings. The van der Waals surface area contributed by atoms with Crippen LogP contribution in [0.25, 0.3) is 11.0 Å². The third-order valence-electron chi connectivity index (χ3n) is 2.67. The number of aromatic hydroxyl groups is 1. The van der Waals surface area contributed by atoms with E-state index in [0.717, 1.165) is 0 Å². The molecule has 1 N–H and O–H groups in total. The van der Waals surface area contributed by atoms with Crippen molar-refractivity contribution in [2.24, 2.45) is 0 Å². The number of furan rings is 1. The van der Waals surface area contributed by atoms with Crippen LogP contribution in [-0.4, -0.2) is 37.0 Å². The predicted octanol–water partition coefficient (Wildman–Crippen LogP) is 2.41. The van der Waals surface area contributed by atoms with Crippen LogP contribution in [0.1, 0.15) is 10.4 Å². The van der Waals surface area contributed by atoms with Gasteiger partial charge in [-0.05, 0) is 6.07 Å². The van der Waals surface area contributed by atoms with Crippen molar-refractivity contribution >= 4 is 16.8 Å². The van der Waals surface area contributed by atoms with Gasteiger partial charge in [-0.3, -0.25) is 4.79 Å². The fourth-order valence-electron chi connectivity index (χ4n) is 1.82. The summed E-state index contributed by atoms with van der Waals surface area (Å²) >= 11 is 0. The summed E-state index contributed by atoms with van der Waals surface area (Å²) in [5, 5.41) is 10.6. The maximum Gasteiger partial charge on any atom is 0.194 e. The van der Waals surface area contributed by atoms with Gasteiger partial charge in [0.25, 0.3) is 0 Å². The molecular formula is C14H15NO4. The summed E-state index contributed by atoms with van der Waals surface area (Å²) in [6.07, 6.45) is 4.47. The average molecular weight is 261 g/mol. The standard InChI is InChI=1S/C14H15NO4/c1-15(2)6-4-10(16)13-11(17)8-12-9(5-7-19-12)14(13)18-3/h4-8,17H,1-3H3/b6-4+. The van der Waals surface area contributed by atoms with E-state index in [4.69, 9.17) is 9.15 Å². The van der Waals surface area contributed by atoms with Crippen LogP contribution in [0.5, 0.6) is 11.5 Å². The van der Waals surface area contributed by atoms with Crippen molar-refractivity contribution in [1.29, 1.82) is 0 Å². The van der Waals surface area contributed by atoms with E-state index in [9.17, 15) is 9.90 Å². The summed E-state index contributed by atoms with van der Waals surface area (Å²) in [6, 6.07) is 3.11. The van der Waals surface area contributed by atoms with Gasteiger partial charge in [0.2, 0.25) is 0 Å². The number of fused-ring (bicyclic) bond motifs is 1. The molecule has 0 atom stereocenters. The van der Waals surface area contributed by atoms with Crippen LogP contribution in [0.4, 0.5) is 0 Å². The summed E-state index contributed by atoms with van der Waals surface area (Å²) in [4.78, 5) is 13.9. The van der Waals surface area contributed by atoms with Gasteiger partial charge in [-0.15, -0.1) is 0 Å². The van der Waals surface area contributed by atoms with Gasteiger partial charge in [0.05, 0.1) is 18.8 Å². The first-order chi connectivity index (χ1) is 9.04. The molecule has 1 heterocycles. The molecule has 5 nitrogen and oxygen atoms in total. The Morgan fingerprint density at radius 2 is 2.21 bits per heavy atom. The monoisotopic (exact) mass is 261 g/mol. The number of phenolic OH excluding ortho intramolecular Hbond substituents is 1. The third-order valence-corrected chi connectivity index (χ3v) is 2.67. The molecule has 0 fully saturated rings. The number of hydrogen-bond acceptors (Lipinski definition) is 5. The number of hydrogen-bond donors (Lipinski definition) is 1. The van der Waals surface area contributed by atoms with E-state index in [1.165, 1.54) is 25.5 Å². The second-order valence-corrected chi connectivity index (χ2v) is 4.28. The summed E-state index contributed by atoms with van der Waals surface area (Å²) in [5.74, 6) is -0.170. The van der Waals surface area contributed by atoms with E-state index in [-0.39, 0.29) is 17.1 Å². The predicted molar refractivity (Wildman–Crippen MR) is 71.6 cm³/mol. The van der Waals surface area contributed by atoms with Gasteiger partial charge < -0.3 is 19.2 Å². The van der Waals surface area contributed by atoms with Gasteiger partial charge in [0.15, 0.2) is 5.78 Å². The number of nitrogens with zero attached hydrogens (tertiary/aromatic N) is 1. The second-order valence-electron chi connectivity index (χ2n) is 4.28. The zero-order valence-electron chi connectivity index (χ0n) is 11.0. The van der Waals surface area contributed by atoms with Crippen molar-refractivity contribution in [3.05, 3.63) is 36.2 Å². The number of rotatable bonds is 4. The average Bonchev–Trinajstić information content (AvgIpc) is 2.81. The Morgan fingerprint density at radius 1 is 1.47 bits per heavy atom. The summed E-state index contributed by atoms with van der Waals surface area (Å²) in [5.41, 5.74) is 0.608. The maximum absolute atomic E-state index is 12.1. The largest absolute Gasteiger partial charge is 0.507 e. The molecule has 0 aliphatic carbocycles. The molecule has 19 heavy (non-hydrogen) atoms. The van der Waals surface area contributed by atoms with Crippen LogP contribution in [0, 0.1) is 0 Å². The zero-order chi connectivity index (χ0) is 14.0. The number of methoxy groups -OCH3 is 1. The van der Waals surface area contributed by atoms with Crippen LogP contribution >= 0.6 is 0 Å². The Labute approximate surface area is 110 Å². The molecule has 100 valence electrons. The van der Waals surface area contributed by atoms with Crippen molar-refractivity contribution in [1.82, 2.24) is 4.90 Å². The minimum absolute atomic E-state index is 0.134. The molecular weight excluding hydrogens is 246 g/mol. The van der Waals surface area contributed by atoms with Crippen LogP contribution in [0.3, 0.4) is 0 Å². The molecule has 1 aromatic carbocycles. The molecule has 0 amide bonds. The minimum atomic E-state index is -0.328. The lowest BCUT2D eigenvalue weighted by Gasteiger charge is -2.09. The van der Waals surface area contributed by atoms with Crippen molar-refractivity contribution in [2.75, 3.05) is 21.2 Å². The molecule has 1 aromatic heterocycles. The number of allylic oxidation sites excluding steroid dienone is 1. The van der Waals surface area contributed by atoms with Crippen LogP contribution < -0.4 is 4.74 Å². The normalized spacial score (nSPS) is 11.1. The first-order valence-electron chi connectivity index (χ1n) is 5.70. The van der Waals surface area contributed by atoms with Gasteiger partial charge in [-0.25, -0.2) is 0 Å². The number of carbonyl (C=O) groups is 1. The van der Waals surface area contributed by atoms with E-state index >= 15 is 0 Å². The quantitative estimate of drug-likeness (QED) is 0.676. The van der Waals surface area contributed by atoms with Crippen LogP contribution in [0.2, 0.25) is 0 Å². The Kier molecular flexibility index (Phi) is 3.46. The van der Waals surface area contributed by atoms with Gasteiger partial charge in [0.1, 0.15) is 22.6 Å². The fourth-order valence-corrected chi connectivity index (χ4v) is 1.82. The molecule has 0 spiro atoms. The van der Waals surface area contributed by atoms with Gasteiger partial charge >= 0.3 is 0 Å². The Balaban J connectivity index is 2.58. The van der Waals surface area contributed by atoms with Crippen molar-refractivity contribution in [2.45, 2.75) is 0 Å². The van der Waals surface area contributed by atoms with Crippen LogP contribution in [0.15, 0.2) is 35.1 Å². The summed E-state index contributed by atoms with van der Waals surface area (Å²) in [7, 11) is 5.06. The highest BCUT2D eigenvalue weighted by atomic mass is 16.5. The molecule has 0 radical (unpaired) electrons. The van der Waals surface area contributed by atoms with Crippen LogP contribution in [-0.2, 0) is 0 Å². The molecule has 0 saturated carbocycles. The molecule has 5 heteroatoms. The number of benzene rings is 1. The molecule has 0 aliphatic rings. The molecule has 0 unspecified atom stereocenters. The van der Waals surface area contributed by atoms with Gasteiger partial charge in [0, 0.05) is 32.4 Å². The Bertz CT molecular complexity index is 640. The number of ether oxygens (including phenoxy) is 1. The number of phenols is 1. The Morgan fingerprint density at radius 3 is 2.84 bits per heavy atom. The summed E-state index contributed by atoms with van der Waals surface area (Å²) in [6.45, 7) is 0. The van der Waals surface area contributed by atoms with E-state index in [1.807, 2.05) is 0 Å². The van der Waals surface area contributed by atoms with E-state index < -0.39 is 0 Å². The summed E-state index contributed by atoms with van der Waals surface area (Å²) < 4.78 is 10.4. The van der Waals surface area contributed by atoms with E-state index in [2.05, 4.69) is 0 Å². The third kappa shape index (κ3) is 2.40. The highest BCUT2D eigenvalue weighted by Crippen LogP contribution is 2.37. The fraction of sp³-hybridized carbons (Fsp3) is 0.214. The lowest BCUT2D eigenvalue weighted by Crippen LogP contribution is -2.04. The molecule has 2 rings (SSSR count). The van der Waals surface area contributed by atoms with Crippen molar-refractivity contribution in [3.63, 3.8) is 0 Å². The first kappa shape index (κ1) is 13.0. The first-order valence-corrected chi connectivity index (χ1v) is 5.70. The molecule has 0 bridgehead atoms. The van der Waals surface area contributed by atoms with E-state index in [0.29, 0.717) is 16.7 Å². The van der Waals surface area contributed by atoms with Crippen molar-refractivity contribution < 1.29 is 19.1 Å². The number of carbonyl (C=O) groups excluding carboxylic acids is 1. The lowest BCUT2D eigenvalue weighted by atomic mass is 10.1. The smallest absolute Gasteiger partial charge is 0.194 e. The number of ketones is 1.